The first-order valence-electron chi connectivity index (χ1n) is 8.14. The predicted octanol–water partition coefficient (Wildman–Crippen LogP) is 1.79. The van der Waals surface area contributed by atoms with Gasteiger partial charge in [0.2, 0.25) is 5.91 Å². The van der Waals surface area contributed by atoms with Crippen LogP contribution in [0.3, 0.4) is 0 Å². The summed E-state index contributed by atoms with van der Waals surface area (Å²) in [6, 6.07) is 5.98. The monoisotopic (exact) mass is 345 g/mol. The zero-order chi connectivity index (χ0) is 18.6. The van der Waals surface area contributed by atoms with Gasteiger partial charge in [0.25, 0.3) is 5.56 Å². The lowest BCUT2D eigenvalue weighted by Gasteiger charge is -2.21. The maximum absolute atomic E-state index is 12.3. The van der Waals surface area contributed by atoms with Crippen LogP contribution in [-0.4, -0.2) is 32.8 Å². The molecule has 0 aliphatic heterocycles. The van der Waals surface area contributed by atoms with Crippen LogP contribution in [0.2, 0.25) is 0 Å². The van der Waals surface area contributed by atoms with Gasteiger partial charge < -0.3 is 10.4 Å². The molecule has 134 valence electrons. The summed E-state index contributed by atoms with van der Waals surface area (Å²) in [6.07, 6.45) is 2.49. The second-order valence-corrected chi connectivity index (χ2v) is 7.25. The minimum absolute atomic E-state index is 0.0325. The van der Waals surface area contributed by atoms with Crippen LogP contribution in [0, 0.1) is 5.41 Å². The highest BCUT2D eigenvalue weighted by Gasteiger charge is 2.23. The van der Waals surface area contributed by atoms with Gasteiger partial charge in [-0.25, -0.2) is 9.48 Å². The van der Waals surface area contributed by atoms with E-state index < -0.39 is 17.9 Å². The van der Waals surface area contributed by atoms with Crippen LogP contribution in [0.1, 0.15) is 33.6 Å². The molecule has 0 saturated carbocycles. The molecule has 2 rings (SSSR count). The third-order valence-corrected chi connectivity index (χ3v) is 3.87. The first-order valence-corrected chi connectivity index (χ1v) is 8.14. The molecule has 0 bridgehead atoms. The van der Waals surface area contributed by atoms with Crippen LogP contribution >= 0.6 is 0 Å². The summed E-state index contributed by atoms with van der Waals surface area (Å²) in [5, 5.41) is 16.9. The van der Waals surface area contributed by atoms with Crippen molar-refractivity contribution in [3.8, 4) is 0 Å². The highest BCUT2D eigenvalue weighted by Crippen LogP contribution is 2.21. The lowest BCUT2D eigenvalue weighted by molar-refractivity contribution is -0.142. The van der Waals surface area contributed by atoms with Gasteiger partial charge in [0.15, 0.2) is 0 Å². The van der Waals surface area contributed by atoms with Gasteiger partial charge in [0.05, 0.1) is 11.6 Å². The van der Waals surface area contributed by atoms with Crippen LogP contribution in [0.5, 0.6) is 0 Å². The van der Waals surface area contributed by atoms with Crippen molar-refractivity contribution >= 4 is 22.6 Å². The number of rotatable bonds is 6. The van der Waals surface area contributed by atoms with E-state index in [-0.39, 0.29) is 17.5 Å². The largest absolute Gasteiger partial charge is 0.480 e. The number of hydrogen-bond acceptors (Lipinski definition) is 4. The number of benzene rings is 1. The van der Waals surface area contributed by atoms with Gasteiger partial charge in [0.1, 0.15) is 12.6 Å². The molecule has 7 heteroatoms. The van der Waals surface area contributed by atoms with Gasteiger partial charge in [-0.05, 0) is 24.3 Å². The number of nitrogens with one attached hydrogen (secondary N) is 1. The Labute approximate surface area is 145 Å². The average molecular weight is 345 g/mol. The Balaban J connectivity index is 2.09. The zero-order valence-electron chi connectivity index (χ0n) is 14.7. The fourth-order valence-corrected chi connectivity index (χ4v) is 2.45. The summed E-state index contributed by atoms with van der Waals surface area (Å²) >= 11 is 0. The van der Waals surface area contributed by atoms with Crippen molar-refractivity contribution in [2.45, 2.75) is 46.2 Å². The van der Waals surface area contributed by atoms with Crippen LogP contribution in [0.4, 0.5) is 0 Å². The summed E-state index contributed by atoms with van der Waals surface area (Å²) in [5.74, 6) is -1.64. The second-order valence-electron chi connectivity index (χ2n) is 7.25. The average Bonchev–Trinajstić information content (AvgIpc) is 2.53. The number of amides is 1. The molecule has 0 spiro atoms. The SMILES string of the molecule is CC(C)(C)CCC(NC(=O)Cn1ncc2ccccc2c1=O)C(=O)O. The second kappa shape index (κ2) is 7.46. The van der Waals surface area contributed by atoms with E-state index in [4.69, 9.17) is 0 Å². The molecule has 0 fully saturated rings. The lowest BCUT2D eigenvalue weighted by atomic mass is 9.88. The predicted molar refractivity (Wildman–Crippen MR) is 94.3 cm³/mol. The molecular weight excluding hydrogens is 322 g/mol. The molecule has 2 N–H and O–H groups in total. The van der Waals surface area contributed by atoms with Crippen LogP contribution < -0.4 is 10.9 Å². The smallest absolute Gasteiger partial charge is 0.326 e. The van der Waals surface area contributed by atoms with E-state index in [1.54, 1.807) is 24.3 Å². The number of hydrogen-bond donors (Lipinski definition) is 2. The van der Waals surface area contributed by atoms with E-state index in [0.717, 1.165) is 4.68 Å². The highest BCUT2D eigenvalue weighted by atomic mass is 16.4. The van der Waals surface area contributed by atoms with Crippen LogP contribution in [0.15, 0.2) is 35.3 Å². The molecule has 7 nitrogen and oxygen atoms in total. The molecule has 1 aromatic heterocycles. The first-order chi connectivity index (χ1) is 11.7. The van der Waals surface area contributed by atoms with Gasteiger partial charge in [-0.3, -0.25) is 9.59 Å². The lowest BCUT2D eigenvalue weighted by Crippen LogP contribution is -2.44. The Hall–Kier alpha value is -2.70. The molecule has 0 aliphatic carbocycles. The molecule has 2 aromatic rings. The molecule has 1 amide bonds. The normalized spacial score (nSPS) is 12.8. The topological polar surface area (TPSA) is 101 Å². The summed E-state index contributed by atoms with van der Waals surface area (Å²) in [5.41, 5.74) is -0.412. The fourth-order valence-electron chi connectivity index (χ4n) is 2.45. The molecule has 0 radical (unpaired) electrons. The highest BCUT2D eigenvalue weighted by molar-refractivity contribution is 5.84. The van der Waals surface area contributed by atoms with Crippen molar-refractivity contribution in [3.63, 3.8) is 0 Å². The number of aromatic nitrogens is 2. The van der Waals surface area contributed by atoms with E-state index >= 15 is 0 Å². The van der Waals surface area contributed by atoms with Crippen molar-refractivity contribution in [2.75, 3.05) is 0 Å². The van der Waals surface area contributed by atoms with Gasteiger partial charge in [-0.2, -0.15) is 5.10 Å². The molecule has 25 heavy (non-hydrogen) atoms. The minimum Gasteiger partial charge on any atom is -0.480 e. The summed E-state index contributed by atoms with van der Waals surface area (Å²) in [7, 11) is 0. The number of carbonyl (C=O) groups excluding carboxylic acids is 1. The van der Waals surface area contributed by atoms with E-state index in [2.05, 4.69) is 10.4 Å². The number of nitrogens with zero attached hydrogens (tertiary/aromatic N) is 2. The van der Waals surface area contributed by atoms with Gasteiger partial charge in [-0.15, -0.1) is 0 Å². The quantitative estimate of drug-likeness (QED) is 0.831. The van der Waals surface area contributed by atoms with E-state index in [1.165, 1.54) is 6.20 Å². The van der Waals surface area contributed by atoms with Crippen molar-refractivity contribution in [2.24, 2.45) is 5.41 Å². The minimum atomic E-state index is -1.09. The van der Waals surface area contributed by atoms with E-state index in [9.17, 15) is 19.5 Å². The van der Waals surface area contributed by atoms with Crippen LogP contribution in [-0.2, 0) is 16.1 Å². The standard InChI is InChI=1S/C18H23N3O4/c1-18(2,3)9-8-14(17(24)25)20-15(22)11-21-16(23)13-7-5-4-6-12(13)10-19-21/h4-7,10,14H,8-9,11H2,1-3H3,(H,20,22)(H,24,25). The molecule has 1 aromatic carbocycles. The van der Waals surface area contributed by atoms with Gasteiger partial charge >= 0.3 is 5.97 Å². The van der Waals surface area contributed by atoms with Gasteiger partial charge in [0, 0.05) is 5.39 Å². The summed E-state index contributed by atoms with van der Waals surface area (Å²) in [6.45, 7) is 5.70. The molecule has 0 aliphatic rings. The number of carboxylic acid groups (broad SMARTS) is 1. The first kappa shape index (κ1) is 18.6. The maximum Gasteiger partial charge on any atom is 0.326 e. The Morgan fingerprint density at radius 2 is 1.96 bits per heavy atom. The molecule has 0 saturated heterocycles. The number of aliphatic carboxylic acids is 1. The zero-order valence-corrected chi connectivity index (χ0v) is 14.7. The van der Waals surface area contributed by atoms with Crippen molar-refractivity contribution in [3.05, 3.63) is 40.8 Å². The van der Waals surface area contributed by atoms with E-state index in [1.807, 2.05) is 20.8 Å². The Kier molecular flexibility index (Phi) is 5.56. The van der Waals surface area contributed by atoms with Crippen molar-refractivity contribution in [1.29, 1.82) is 0 Å². The summed E-state index contributed by atoms with van der Waals surface area (Å²) < 4.78 is 1.04. The van der Waals surface area contributed by atoms with Crippen LogP contribution in [0.25, 0.3) is 10.8 Å². The van der Waals surface area contributed by atoms with E-state index in [0.29, 0.717) is 23.6 Å². The summed E-state index contributed by atoms with van der Waals surface area (Å²) in [4.78, 5) is 35.9. The molecule has 1 atom stereocenters. The third kappa shape index (κ3) is 5.14. The Morgan fingerprint density at radius 3 is 2.60 bits per heavy atom. The number of carboxylic acids is 1. The Morgan fingerprint density at radius 1 is 1.28 bits per heavy atom. The van der Waals surface area contributed by atoms with Crippen molar-refractivity contribution in [1.82, 2.24) is 15.1 Å². The van der Waals surface area contributed by atoms with Gasteiger partial charge in [-0.1, -0.05) is 39.0 Å². The fraction of sp³-hybridized carbons (Fsp3) is 0.444. The number of carbonyl (C=O) groups is 2. The third-order valence-electron chi connectivity index (χ3n) is 3.87. The maximum atomic E-state index is 12.3. The molecular formula is C18H23N3O4. The Bertz CT molecular complexity index is 836. The van der Waals surface area contributed by atoms with Crippen molar-refractivity contribution < 1.29 is 14.7 Å². The number of fused-ring (bicyclic) bond motifs is 1. The molecule has 1 heterocycles. The molecule has 1 unspecified atom stereocenters.